The van der Waals surface area contributed by atoms with Crippen molar-refractivity contribution in [3.63, 3.8) is 0 Å². The minimum absolute atomic E-state index is 0.0127. The van der Waals surface area contributed by atoms with E-state index in [1.807, 2.05) is 6.08 Å². The molecule has 0 aromatic rings. The number of allylic oxidation sites excluding steroid dienone is 2. The van der Waals surface area contributed by atoms with Gasteiger partial charge in [-0.15, -0.1) is 0 Å². The van der Waals surface area contributed by atoms with Crippen molar-refractivity contribution in [3.8, 4) is 0 Å². The highest BCUT2D eigenvalue weighted by molar-refractivity contribution is 5.79. The molecular weight excluding hydrogens is 412 g/mol. The van der Waals surface area contributed by atoms with Crippen molar-refractivity contribution in [2.24, 2.45) is 34.5 Å². The first-order chi connectivity index (χ1) is 15.1. The van der Waals surface area contributed by atoms with Gasteiger partial charge in [-0.25, -0.2) is 9.59 Å². The lowest BCUT2D eigenvalue weighted by molar-refractivity contribution is -0.128. The van der Waals surface area contributed by atoms with Crippen molar-refractivity contribution in [1.82, 2.24) is 0 Å². The van der Waals surface area contributed by atoms with E-state index in [1.165, 1.54) is 14.2 Å². The van der Waals surface area contributed by atoms with E-state index in [1.54, 1.807) is 6.92 Å². The van der Waals surface area contributed by atoms with E-state index < -0.39 is 29.9 Å². The highest BCUT2D eigenvalue weighted by Crippen LogP contribution is 2.65. The van der Waals surface area contributed by atoms with Crippen LogP contribution in [-0.2, 0) is 23.7 Å². The van der Waals surface area contributed by atoms with Crippen LogP contribution in [0.5, 0.6) is 0 Å². The van der Waals surface area contributed by atoms with Crippen LogP contribution in [0.3, 0.4) is 0 Å². The summed E-state index contributed by atoms with van der Waals surface area (Å²) in [7, 11) is 2.56. The second-order valence-electron chi connectivity index (χ2n) is 10.2. The second-order valence-corrected chi connectivity index (χ2v) is 10.2. The van der Waals surface area contributed by atoms with Gasteiger partial charge in [-0.2, -0.15) is 0 Å². The van der Waals surface area contributed by atoms with Gasteiger partial charge in [-0.05, 0) is 67.4 Å². The molecule has 2 saturated carbocycles. The molecule has 0 spiro atoms. The molecule has 32 heavy (non-hydrogen) atoms. The highest BCUT2D eigenvalue weighted by Gasteiger charge is 2.61. The smallest absolute Gasteiger partial charge is 0.438 e. The Balaban J connectivity index is 1.71. The van der Waals surface area contributed by atoms with E-state index in [4.69, 9.17) is 14.2 Å². The number of hydrogen-bond acceptors (Lipinski definition) is 7. The number of carbonyl (C=O) groups excluding carboxylic acids is 3. The Morgan fingerprint density at radius 2 is 1.66 bits per heavy atom. The Kier molecular flexibility index (Phi) is 5.88. The van der Waals surface area contributed by atoms with Crippen molar-refractivity contribution in [3.05, 3.63) is 23.8 Å². The number of ether oxygens (including phenoxy) is 4. The van der Waals surface area contributed by atoms with Crippen molar-refractivity contribution < 1.29 is 33.3 Å². The number of Topliss-reactive ketones (excluding diaryl/α,β-unsaturated/α-hetero) is 1. The maximum atomic E-state index is 12.4. The molecule has 2 fully saturated rings. The van der Waals surface area contributed by atoms with E-state index in [9.17, 15) is 14.4 Å². The van der Waals surface area contributed by atoms with Crippen LogP contribution in [0.1, 0.15) is 52.9 Å². The summed E-state index contributed by atoms with van der Waals surface area (Å²) in [6, 6.07) is 0. The number of fused-ring (bicyclic) bond motifs is 5. The molecule has 0 aromatic heterocycles. The third kappa shape index (κ3) is 3.44. The van der Waals surface area contributed by atoms with Crippen molar-refractivity contribution in [2.45, 2.75) is 65.1 Å². The molecule has 4 aliphatic carbocycles. The molecule has 0 amide bonds. The fourth-order valence-electron chi connectivity index (χ4n) is 7.41. The van der Waals surface area contributed by atoms with Crippen LogP contribution in [0.4, 0.5) is 9.59 Å². The predicted octanol–water partition coefficient (Wildman–Crippen LogP) is 4.84. The molecule has 0 N–H and O–H groups in total. The number of ketones is 1. The summed E-state index contributed by atoms with van der Waals surface area (Å²) in [5.41, 5.74) is 0.593. The summed E-state index contributed by atoms with van der Waals surface area (Å²) in [6.45, 7) is 6.17. The van der Waals surface area contributed by atoms with Crippen LogP contribution in [0, 0.1) is 34.5 Å². The quantitative estimate of drug-likeness (QED) is 0.573. The Bertz CT molecular complexity index is 860. The van der Waals surface area contributed by atoms with Crippen LogP contribution in [-0.4, -0.2) is 44.5 Å². The Morgan fingerprint density at radius 3 is 2.31 bits per heavy atom. The van der Waals surface area contributed by atoms with Crippen molar-refractivity contribution >= 4 is 18.1 Å². The lowest BCUT2D eigenvalue weighted by Gasteiger charge is -2.57. The molecule has 0 heterocycles. The number of carbonyl (C=O) groups is 3. The molecule has 0 bridgehead atoms. The van der Waals surface area contributed by atoms with Crippen LogP contribution < -0.4 is 0 Å². The average molecular weight is 447 g/mol. The summed E-state index contributed by atoms with van der Waals surface area (Å²) in [4.78, 5) is 36.2. The molecule has 4 aliphatic rings. The van der Waals surface area contributed by atoms with E-state index in [2.05, 4.69) is 30.7 Å². The van der Waals surface area contributed by atoms with Gasteiger partial charge in [-0.3, -0.25) is 4.79 Å². The highest BCUT2D eigenvalue weighted by atomic mass is 16.7. The fraction of sp³-hybridized carbons (Fsp3) is 0.720. The average Bonchev–Trinajstić information content (AvgIpc) is 3.11. The molecule has 8 atom stereocenters. The Hall–Kier alpha value is -2.31. The molecule has 0 unspecified atom stereocenters. The monoisotopic (exact) mass is 446 g/mol. The summed E-state index contributed by atoms with van der Waals surface area (Å²) in [5, 5.41) is 0. The summed E-state index contributed by atoms with van der Waals surface area (Å²) in [6.07, 6.45) is 8.05. The molecular formula is C25H34O7. The zero-order chi connectivity index (χ0) is 23.3. The lowest BCUT2D eigenvalue weighted by atomic mass is 9.48. The van der Waals surface area contributed by atoms with Crippen molar-refractivity contribution in [2.75, 3.05) is 14.2 Å². The molecule has 7 nitrogen and oxygen atoms in total. The third-order valence-corrected chi connectivity index (χ3v) is 9.01. The Labute approximate surface area is 189 Å². The minimum Gasteiger partial charge on any atom is -0.438 e. The topological polar surface area (TPSA) is 88.1 Å². The SMILES string of the molecule is COC(=O)O[C@@H]1C=C2C=C[C@H]3[C@@H]4CC[C@H](C(C)=O)[C@@]4(C)CC[C@@H]3[C@@]2(C)[C@@H](OC(=O)OC)C1. The van der Waals surface area contributed by atoms with Gasteiger partial charge in [-0.1, -0.05) is 26.0 Å². The standard InChI is InChI=1S/C25H34O7/c1-14(26)18-8-9-19-17-7-6-15-12-16(31-22(27)29-4)13-21(32-23(28)30-5)25(15,3)20(17)10-11-24(18,19)2/h6-7,12,16-21H,8-11,13H2,1-5H3/t16-,17+,18-,19+,20+,21+,24-,25+/m1/s1. The molecule has 0 aliphatic heterocycles. The Morgan fingerprint density at radius 1 is 0.969 bits per heavy atom. The van der Waals surface area contributed by atoms with Gasteiger partial charge in [0.05, 0.1) is 14.2 Å². The molecule has 0 radical (unpaired) electrons. The predicted molar refractivity (Wildman–Crippen MR) is 116 cm³/mol. The van der Waals surface area contributed by atoms with Gasteiger partial charge < -0.3 is 18.9 Å². The van der Waals surface area contributed by atoms with Crippen molar-refractivity contribution in [1.29, 1.82) is 0 Å². The van der Waals surface area contributed by atoms with E-state index >= 15 is 0 Å². The summed E-state index contributed by atoms with van der Waals surface area (Å²) < 4.78 is 20.6. The van der Waals surface area contributed by atoms with Gasteiger partial charge in [0, 0.05) is 17.8 Å². The maximum Gasteiger partial charge on any atom is 0.508 e. The van der Waals surface area contributed by atoms with Gasteiger partial charge >= 0.3 is 12.3 Å². The molecule has 176 valence electrons. The first-order valence-electron chi connectivity index (χ1n) is 11.5. The maximum absolute atomic E-state index is 12.4. The zero-order valence-electron chi connectivity index (χ0n) is 19.6. The van der Waals surface area contributed by atoms with Crippen LogP contribution >= 0.6 is 0 Å². The normalized spacial score (nSPS) is 42.0. The number of methoxy groups -OCH3 is 2. The second kappa shape index (κ2) is 8.23. The first-order valence-corrected chi connectivity index (χ1v) is 11.5. The molecule has 4 rings (SSSR count). The lowest BCUT2D eigenvalue weighted by Crippen LogP contribution is -2.55. The largest absolute Gasteiger partial charge is 0.508 e. The van der Waals surface area contributed by atoms with Crippen LogP contribution in [0.15, 0.2) is 23.8 Å². The van der Waals surface area contributed by atoms with E-state index in [0.717, 1.165) is 31.3 Å². The van der Waals surface area contributed by atoms with Gasteiger partial charge in [0.25, 0.3) is 0 Å². The summed E-state index contributed by atoms with van der Waals surface area (Å²) in [5.74, 6) is 1.41. The third-order valence-electron chi connectivity index (χ3n) is 9.01. The minimum atomic E-state index is -0.764. The van der Waals surface area contributed by atoms with Gasteiger partial charge in [0.1, 0.15) is 18.0 Å². The van der Waals surface area contributed by atoms with E-state index in [0.29, 0.717) is 24.0 Å². The number of rotatable bonds is 3. The number of hydrogen-bond donors (Lipinski definition) is 0. The van der Waals surface area contributed by atoms with Crippen LogP contribution in [0.2, 0.25) is 0 Å². The summed E-state index contributed by atoms with van der Waals surface area (Å²) >= 11 is 0. The fourth-order valence-corrected chi connectivity index (χ4v) is 7.41. The van der Waals surface area contributed by atoms with Gasteiger partial charge in [0.15, 0.2) is 0 Å². The molecule has 7 heteroatoms. The van der Waals surface area contributed by atoms with Crippen LogP contribution in [0.25, 0.3) is 0 Å². The molecule has 0 aromatic carbocycles. The van der Waals surface area contributed by atoms with E-state index in [-0.39, 0.29) is 17.3 Å². The first kappa shape index (κ1) is 22.9. The zero-order valence-corrected chi connectivity index (χ0v) is 19.6. The molecule has 0 saturated heterocycles. The van der Waals surface area contributed by atoms with Gasteiger partial charge in [0.2, 0.25) is 0 Å².